The molecule has 0 aromatic heterocycles. The zero-order valence-electron chi connectivity index (χ0n) is 10.2. The van der Waals surface area contributed by atoms with E-state index in [-0.39, 0.29) is 6.10 Å². The quantitative estimate of drug-likeness (QED) is 0.844. The van der Waals surface area contributed by atoms with E-state index in [1.807, 2.05) is 0 Å². The highest BCUT2D eigenvalue weighted by Gasteiger charge is 2.17. The summed E-state index contributed by atoms with van der Waals surface area (Å²) in [5, 5.41) is 10.2. The second-order valence-corrected chi connectivity index (χ2v) is 4.88. The summed E-state index contributed by atoms with van der Waals surface area (Å²) in [5.41, 5.74) is 3.54. The zero-order chi connectivity index (χ0) is 11.5. The highest BCUT2D eigenvalue weighted by Crippen LogP contribution is 2.21. The maximum Gasteiger partial charge on any atom is 0.0919 e. The normalized spacial score (nSPS) is 18.9. The summed E-state index contributed by atoms with van der Waals surface area (Å²) in [6.45, 7) is 7.23. The van der Waals surface area contributed by atoms with Crippen molar-refractivity contribution in [3.05, 3.63) is 34.9 Å². The zero-order valence-corrected chi connectivity index (χ0v) is 10.2. The summed E-state index contributed by atoms with van der Waals surface area (Å²) in [6.07, 6.45) is 2.22. The molecule has 1 unspecified atom stereocenters. The van der Waals surface area contributed by atoms with E-state index in [1.165, 1.54) is 24.0 Å². The molecule has 1 aromatic rings. The first kappa shape index (κ1) is 11.6. The molecule has 1 atom stereocenters. The first-order valence-corrected chi connectivity index (χ1v) is 6.14. The maximum absolute atomic E-state index is 10.2. The van der Waals surface area contributed by atoms with Gasteiger partial charge in [0.2, 0.25) is 0 Å². The SMILES string of the molecule is Cc1ccc(C(O)CN2CCCC2)c(C)c1. The summed E-state index contributed by atoms with van der Waals surface area (Å²) in [4.78, 5) is 2.35. The maximum atomic E-state index is 10.2. The minimum Gasteiger partial charge on any atom is -0.387 e. The van der Waals surface area contributed by atoms with E-state index in [4.69, 9.17) is 0 Å². The van der Waals surface area contributed by atoms with Crippen LogP contribution in [-0.4, -0.2) is 29.6 Å². The van der Waals surface area contributed by atoms with Crippen LogP contribution in [-0.2, 0) is 0 Å². The minimum atomic E-state index is -0.335. The van der Waals surface area contributed by atoms with Gasteiger partial charge in [0, 0.05) is 6.54 Å². The van der Waals surface area contributed by atoms with Crippen molar-refractivity contribution in [2.45, 2.75) is 32.8 Å². The van der Waals surface area contributed by atoms with Gasteiger partial charge in [-0.15, -0.1) is 0 Å². The number of β-amino-alcohol motifs (C(OH)–C–C–N with tert-alkyl or cyclic N) is 1. The largest absolute Gasteiger partial charge is 0.387 e. The fraction of sp³-hybridized carbons (Fsp3) is 0.571. The molecule has 2 rings (SSSR count). The first-order valence-electron chi connectivity index (χ1n) is 6.14. The van der Waals surface area contributed by atoms with Crippen molar-refractivity contribution in [1.82, 2.24) is 4.90 Å². The van der Waals surface area contributed by atoms with Gasteiger partial charge in [-0.1, -0.05) is 23.8 Å². The number of likely N-dealkylation sites (tertiary alicyclic amines) is 1. The molecule has 1 aliphatic heterocycles. The third kappa shape index (κ3) is 2.63. The van der Waals surface area contributed by atoms with Crippen LogP contribution >= 0.6 is 0 Å². The van der Waals surface area contributed by atoms with Crippen molar-refractivity contribution < 1.29 is 5.11 Å². The van der Waals surface area contributed by atoms with Crippen molar-refractivity contribution >= 4 is 0 Å². The number of rotatable bonds is 3. The van der Waals surface area contributed by atoms with Gasteiger partial charge in [0.1, 0.15) is 0 Å². The molecule has 88 valence electrons. The van der Waals surface area contributed by atoms with Crippen LogP contribution in [0, 0.1) is 13.8 Å². The molecule has 0 radical (unpaired) electrons. The molecule has 2 nitrogen and oxygen atoms in total. The molecule has 1 heterocycles. The number of aliphatic hydroxyl groups is 1. The second-order valence-electron chi connectivity index (χ2n) is 4.88. The molecule has 2 heteroatoms. The average Bonchev–Trinajstić information content (AvgIpc) is 2.70. The van der Waals surface area contributed by atoms with Crippen LogP contribution in [0.3, 0.4) is 0 Å². The summed E-state index contributed by atoms with van der Waals surface area (Å²) >= 11 is 0. The molecule has 1 aromatic carbocycles. The monoisotopic (exact) mass is 219 g/mol. The van der Waals surface area contributed by atoms with E-state index < -0.39 is 0 Å². The fourth-order valence-corrected chi connectivity index (χ4v) is 2.51. The number of aliphatic hydroxyl groups excluding tert-OH is 1. The Morgan fingerprint density at radius 3 is 2.56 bits per heavy atom. The Bertz CT molecular complexity index is 356. The number of hydrogen-bond donors (Lipinski definition) is 1. The van der Waals surface area contributed by atoms with Crippen LogP contribution in [0.2, 0.25) is 0 Å². The molecular formula is C14H21NO. The Labute approximate surface area is 97.9 Å². The van der Waals surface area contributed by atoms with Crippen molar-refractivity contribution in [2.75, 3.05) is 19.6 Å². The third-order valence-electron chi connectivity index (χ3n) is 3.41. The van der Waals surface area contributed by atoms with Gasteiger partial charge in [0.25, 0.3) is 0 Å². The van der Waals surface area contributed by atoms with Gasteiger partial charge in [-0.2, -0.15) is 0 Å². The van der Waals surface area contributed by atoms with Crippen LogP contribution in [0.1, 0.15) is 35.6 Å². The molecule has 0 bridgehead atoms. The van der Waals surface area contributed by atoms with Gasteiger partial charge in [0.05, 0.1) is 6.10 Å². The van der Waals surface area contributed by atoms with Crippen LogP contribution in [0.4, 0.5) is 0 Å². The van der Waals surface area contributed by atoms with Crippen molar-refractivity contribution in [3.8, 4) is 0 Å². The molecule has 1 saturated heterocycles. The van der Waals surface area contributed by atoms with Crippen LogP contribution in [0.25, 0.3) is 0 Å². The number of nitrogens with zero attached hydrogens (tertiary/aromatic N) is 1. The van der Waals surface area contributed by atoms with Crippen LogP contribution in [0.5, 0.6) is 0 Å². The Kier molecular flexibility index (Phi) is 3.62. The predicted molar refractivity (Wildman–Crippen MR) is 66.5 cm³/mol. The highest BCUT2D eigenvalue weighted by molar-refractivity contribution is 5.32. The molecule has 0 spiro atoms. The average molecular weight is 219 g/mol. The lowest BCUT2D eigenvalue weighted by atomic mass is 10.0. The lowest BCUT2D eigenvalue weighted by molar-refractivity contribution is 0.125. The summed E-state index contributed by atoms with van der Waals surface area (Å²) < 4.78 is 0. The lowest BCUT2D eigenvalue weighted by Gasteiger charge is -2.21. The Morgan fingerprint density at radius 2 is 1.94 bits per heavy atom. The molecule has 0 aliphatic carbocycles. The molecule has 0 amide bonds. The van der Waals surface area contributed by atoms with E-state index in [9.17, 15) is 5.11 Å². The predicted octanol–water partition coefficient (Wildman–Crippen LogP) is 2.43. The van der Waals surface area contributed by atoms with Crippen molar-refractivity contribution in [1.29, 1.82) is 0 Å². The van der Waals surface area contributed by atoms with E-state index >= 15 is 0 Å². The number of aryl methyl sites for hydroxylation is 2. The molecule has 16 heavy (non-hydrogen) atoms. The van der Waals surface area contributed by atoms with Crippen molar-refractivity contribution in [3.63, 3.8) is 0 Å². The van der Waals surface area contributed by atoms with Gasteiger partial charge in [-0.05, 0) is 50.9 Å². The molecule has 1 fully saturated rings. The highest BCUT2D eigenvalue weighted by atomic mass is 16.3. The van der Waals surface area contributed by atoms with Crippen LogP contribution < -0.4 is 0 Å². The van der Waals surface area contributed by atoms with Crippen molar-refractivity contribution in [2.24, 2.45) is 0 Å². The van der Waals surface area contributed by atoms with Gasteiger partial charge in [-0.3, -0.25) is 0 Å². The molecule has 1 N–H and O–H groups in total. The Hall–Kier alpha value is -0.860. The van der Waals surface area contributed by atoms with Gasteiger partial charge in [0.15, 0.2) is 0 Å². The third-order valence-corrected chi connectivity index (χ3v) is 3.41. The standard InChI is InChI=1S/C14H21NO/c1-11-5-6-13(12(2)9-11)14(16)10-15-7-3-4-8-15/h5-6,9,14,16H,3-4,7-8,10H2,1-2H3. The molecular weight excluding hydrogens is 198 g/mol. The number of benzene rings is 1. The van der Waals surface area contributed by atoms with E-state index in [0.29, 0.717) is 0 Å². The topological polar surface area (TPSA) is 23.5 Å². The number of hydrogen-bond acceptors (Lipinski definition) is 2. The Morgan fingerprint density at radius 1 is 1.25 bits per heavy atom. The Balaban J connectivity index is 2.04. The van der Waals surface area contributed by atoms with Gasteiger partial charge >= 0.3 is 0 Å². The van der Waals surface area contributed by atoms with Crippen LogP contribution in [0.15, 0.2) is 18.2 Å². The lowest BCUT2D eigenvalue weighted by Crippen LogP contribution is -2.25. The van der Waals surface area contributed by atoms with E-state index in [2.05, 4.69) is 36.9 Å². The summed E-state index contributed by atoms with van der Waals surface area (Å²) in [5.74, 6) is 0. The molecule has 0 saturated carbocycles. The summed E-state index contributed by atoms with van der Waals surface area (Å²) in [7, 11) is 0. The van der Waals surface area contributed by atoms with Gasteiger partial charge < -0.3 is 10.0 Å². The molecule has 1 aliphatic rings. The van der Waals surface area contributed by atoms with E-state index in [0.717, 1.165) is 25.2 Å². The fourth-order valence-electron chi connectivity index (χ4n) is 2.51. The minimum absolute atomic E-state index is 0.335. The van der Waals surface area contributed by atoms with Gasteiger partial charge in [-0.25, -0.2) is 0 Å². The smallest absolute Gasteiger partial charge is 0.0919 e. The summed E-state index contributed by atoms with van der Waals surface area (Å²) in [6, 6.07) is 6.28. The van der Waals surface area contributed by atoms with E-state index in [1.54, 1.807) is 0 Å². The second kappa shape index (κ2) is 4.98. The first-order chi connectivity index (χ1) is 7.66.